The molecule has 0 radical (unpaired) electrons. The number of aromatic nitrogens is 8. The zero-order chi connectivity index (χ0) is 17.4. The molecule has 0 bridgehead atoms. The van der Waals surface area contributed by atoms with Crippen LogP contribution in [0.5, 0.6) is 0 Å². The van der Waals surface area contributed by atoms with Crippen molar-refractivity contribution in [3.63, 3.8) is 0 Å². The molecule has 0 aliphatic heterocycles. The number of anilines is 1. The first-order chi connectivity index (χ1) is 12.1. The molecule has 25 heavy (non-hydrogen) atoms. The Morgan fingerprint density at radius 3 is 2.96 bits per heavy atom. The quantitative estimate of drug-likeness (QED) is 0.496. The smallest absolute Gasteiger partial charge is 0.278 e. The molecule has 4 rings (SSSR count). The average molecular weight is 339 g/mol. The van der Waals surface area contributed by atoms with Crippen molar-refractivity contribution in [2.75, 3.05) is 11.9 Å². The SMILES string of the molecule is Cn1ncc2c(=O)n(CCNc3cnc4nc[nH]c(=O)c4n3)cnc21. The van der Waals surface area contributed by atoms with Crippen LogP contribution < -0.4 is 16.4 Å². The number of aromatic amines is 1. The minimum absolute atomic E-state index is 0.156. The minimum atomic E-state index is -0.358. The van der Waals surface area contributed by atoms with E-state index < -0.39 is 0 Å². The Hall–Kier alpha value is -3.63. The zero-order valence-corrected chi connectivity index (χ0v) is 13.2. The van der Waals surface area contributed by atoms with Crippen LogP contribution in [0.4, 0.5) is 5.82 Å². The summed E-state index contributed by atoms with van der Waals surface area (Å²) in [5.41, 5.74) is 0.454. The number of fused-ring (bicyclic) bond motifs is 2. The molecule has 11 nitrogen and oxygen atoms in total. The third-order valence-corrected chi connectivity index (χ3v) is 3.73. The largest absolute Gasteiger partial charge is 0.367 e. The molecule has 126 valence electrons. The highest BCUT2D eigenvalue weighted by molar-refractivity contribution is 5.72. The first-order valence-corrected chi connectivity index (χ1v) is 7.45. The third-order valence-electron chi connectivity index (χ3n) is 3.73. The number of nitrogens with one attached hydrogen (secondary N) is 2. The van der Waals surface area contributed by atoms with Gasteiger partial charge in [-0.2, -0.15) is 5.10 Å². The molecule has 0 saturated heterocycles. The van der Waals surface area contributed by atoms with Crippen molar-refractivity contribution < 1.29 is 0 Å². The summed E-state index contributed by atoms with van der Waals surface area (Å²) in [6.07, 6.45) is 5.75. The fourth-order valence-corrected chi connectivity index (χ4v) is 2.47. The fourth-order valence-electron chi connectivity index (χ4n) is 2.47. The second kappa shape index (κ2) is 5.78. The molecule has 0 saturated carbocycles. The summed E-state index contributed by atoms with van der Waals surface area (Å²) in [4.78, 5) is 43.0. The van der Waals surface area contributed by atoms with Gasteiger partial charge in [0.15, 0.2) is 16.8 Å². The van der Waals surface area contributed by atoms with Crippen molar-refractivity contribution in [1.29, 1.82) is 0 Å². The highest BCUT2D eigenvalue weighted by atomic mass is 16.1. The van der Waals surface area contributed by atoms with Crippen molar-refractivity contribution in [2.45, 2.75) is 6.54 Å². The Labute approximate surface area is 139 Å². The van der Waals surface area contributed by atoms with Crippen molar-refractivity contribution in [1.82, 2.24) is 39.3 Å². The van der Waals surface area contributed by atoms with Crippen LogP contribution in [0.3, 0.4) is 0 Å². The molecule has 0 aliphatic carbocycles. The maximum Gasteiger partial charge on any atom is 0.278 e. The van der Waals surface area contributed by atoms with E-state index in [9.17, 15) is 9.59 Å². The first kappa shape index (κ1) is 14.9. The van der Waals surface area contributed by atoms with Gasteiger partial charge in [0.25, 0.3) is 11.1 Å². The Kier molecular flexibility index (Phi) is 3.45. The van der Waals surface area contributed by atoms with Gasteiger partial charge >= 0.3 is 0 Å². The maximum atomic E-state index is 12.4. The van der Waals surface area contributed by atoms with E-state index in [-0.39, 0.29) is 22.3 Å². The normalized spacial score (nSPS) is 11.2. The summed E-state index contributed by atoms with van der Waals surface area (Å²) in [5, 5.41) is 7.53. The lowest BCUT2D eigenvalue weighted by molar-refractivity contribution is 0.685. The standard InChI is InChI=1S/C14H13N9O2/c1-22-12-8(4-20-22)14(25)23(7-19-12)3-2-15-9-5-16-11-10(21-9)13(24)18-6-17-11/h4-7H,2-3H2,1H3,(H,15,21)(H,16,17,18,24). The summed E-state index contributed by atoms with van der Waals surface area (Å²) in [7, 11) is 1.73. The first-order valence-electron chi connectivity index (χ1n) is 7.45. The molecule has 11 heteroatoms. The monoisotopic (exact) mass is 339 g/mol. The van der Waals surface area contributed by atoms with Crippen LogP contribution in [0.1, 0.15) is 0 Å². The molecule has 2 N–H and O–H groups in total. The molecule has 0 unspecified atom stereocenters. The molecule has 0 atom stereocenters. The van der Waals surface area contributed by atoms with Gasteiger partial charge in [-0.1, -0.05) is 0 Å². The minimum Gasteiger partial charge on any atom is -0.367 e. The molecule has 0 aliphatic rings. The average Bonchev–Trinajstić information content (AvgIpc) is 2.99. The topological polar surface area (TPSA) is 136 Å². The number of nitrogens with zero attached hydrogens (tertiary/aromatic N) is 7. The number of H-pyrrole nitrogens is 1. The van der Waals surface area contributed by atoms with Crippen LogP contribution in [-0.4, -0.2) is 45.8 Å². The van der Waals surface area contributed by atoms with Crippen molar-refractivity contribution >= 4 is 28.0 Å². The number of hydrogen-bond donors (Lipinski definition) is 2. The van der Waals surface area contributed by atoms with E-state index in [4.69, 9.17) is 0 Å². The molecule has 0 aromatic carbocycles. The van der Waals surface area contributed by atoms with E-state index in [2.05, 4.69) is 35.3 Å². The number of hydrogen-bond acceptors (Lipinski definition) is 8. The van der Waals surface area contributed by atoms with Gasteiger partial charge in [0.05, 0.1) is 18.7 Å². The van der Waals surface area contributed by atoms with E-state index in [1.165, 1.54) is 29.6 Å². The zero-order valence-electron chi connectivity index (χ0n) is 13.2. The second-order valence-electron chi connectivity index (χ2n) is 5.33. The van der Waals surface area contributed by atoms with E-state index in [0.717, 1.165) is 0 Å². The van der Waals surface area contributed by atoms with Crippen molar-refractivity contribution in [2.24, 2.45) is 7.05 Å². The summed E-state index contributed by atoms with van der Waals surface area (Å²) in [5.74, 6) is 0.425. The van der Waals surface area contributed by atoms with Crippen LogP contribution in [0.2, 0.25) is 0 Å². The van der Waals surface area contributed by atoms with Crippen molar-refractivity contribution in [3.8, 4) is 0 Å². The maximum absolute atomic E-state index is 12.4. The van der Waals surface area contributed by atoms with Gasteiger partial charge in [-0.05, 0) is 0 Å². The van der Waals surface area contributed by atoms with Gasteiger partial charge in [-0.15, -0.1) is 0 Å². The number of aryl methyl sites for hydroxylation is 1. The van der Waals surface area contributed by atoms with Crippen LogP contribution >= 0.6 is 0 Å². The lowest BCUT2D eigenvalue weighted by Gasteiger charge is -2.07. The van der Waals surface area contributed by atoms with Crippen molar-refractivity contribution in [3.05, 3.63) is 45.8 Å². The van der Waals surface area contributed by atoms with Gasteiger partial charge in [-0.25, -0.2) is 19.9 Å². The molecular weight excluding hydrogens is 326 g/mol. The Balaban J connectivity index is 1.53. The predicted octanol–water partition coefficient (Wildman–Crippen LogP) is -0.731. The summed E-state index contributed by atoms with van der Waals surface area (Å²) in [6, 6.07) is 0. The Morgan fingerprint density at radius 2 is 2.08 bits per heavy atom. The van der Waals surface area contributed by atoms with Crippen LogP contribution in [0.25, 0.3) is 22.2 Å². The van der Waals surface area contributed by atoms with Gasteiger partial charge in [-0.3, -0.25) is 18.8 Å². The fraction of sp³-hybridized carbons (Fsp3) is 0.214. The Morgan fingerprint density at radius 1 is 1.20 bits per heavy atom. The molecular formula is C14H13N9O2. The molecule has 4 aromatic rings. The molecule has 4 aromatic heterocycles. The van der Waals surface area contributed by atoms with Crippen LogP contribution in [0, 0.1) is 0 Å². The second-order valence-corrected chi connectivity index (χ2v) is 5.33. The van der Waals surface area contributed by atoms with Gasteiger partial charge in [0, 0.05) is 20.1 Å². The molecule has 0 fully saturated rings. The van der Waals surface area contributed by atoms with E-state index in [1.807, 2.05) is 0 Å². The van der Waals surface area contributed by atoms with Crippen LogP contribution in [0.15, 0.2) is 34.6 Å². The van der Waals surface area contributed by atoms with Gasteiger partial charge < -0.3 is 10.3 Å². The highest BCUT2D eigenvalue weighted by Gasteiger charge is 2.08. The highest BCUT2D eigenvalue weighted by Crippen LogP contribution is 2.05. The lowest BCUT2D eigenvalue weighted by atomic mass is 10.4. The molecule has 0 amide bonds. The molecule has 0 spiro atoms. The summed E-state index contributed by atoms with van der Waals surface area (Å²) >= 11 is 0. The third kappa shape index (κ3) is 2.60. The van der Waals surface area contributed by atoms with E-state index in [0.29, 0.717) is 29.9 Å². The molecule has 4 heterocycles. The lowest BCUT2D eigenvalue weighted by Crippen LogP contribution is -2.24. The van der Waals surface area contributed by atoms with E-state index in [1.54, 1.807) is 11.7 Å². The Bertz CT molecular complexity index is 1190. The summed E-state index contributed by atoms with van der Waals surface area (Å²) < 4.78 is 3.04. The van der Waals surface area contributed by atoms with Gasteiger partial charge in [0.1, 0.15) is 17.5 Å². The number of rotatable bonds is 4. The van der Waals surface area contributed by atoms with Gasteiger partial charge in [0.2, 0.25) is 0 Å². The van der Waals surface area contributed by atoms with Crippen LogP contribution in [-0.2, 0) is 13.6 Å². The van der Waals surface area contributed by atoms with E-state index >= 15 is 0 Å². The predicted molar refractivity (Wildman–Crippen MR) is 89.2 cm³/mol. The summed E-state index contributed by atoms with van der Waals surface area (Å²) in [6.45, 7) is 0.783.